The van der Waals surface area contributed by atoms with Gasteiger partial charge in [0.1, 0.15) is 0 Å². The number of carbonyl (C=O) groups is 1. The molecule has 0 bridgehead atoms. The summed E-state index contributed by atoms with van der Waals surface area (Å²) in [5.41, 5.74) is 5.78. The molecule has 0 fully saturated rings. The number of aliphatic hydroxyl groups is 2. The molecule has 0 unspecified atom stereocenters. The van der Waals surface area contributed by atoms with E-state index in [0.29, 0.717) is 18.8 Å². The van der Waals surface area contributed by atoms with E-state index in [1.165, 1.54) is 0 Å². The van der Waals surface area contributed by atoms with E-state index < -0.39 is 18.1 Å². The summed E-state index contributed by atoms with van der Waals surface area (Å²) in [6.07, 6.45) is 1.43. The van der Waals surface area contributed by atoms with Crippen LogP contribution < -0.4 is 5.73 Å². The number of nitrogens with two attached hydrogens (primary N) is 1. The molecule has 0 rings (SSSR count). The number of aliphatic carboxylic acids is 1. The molecular formula is C12H25NO4. The molecule has 0 aliphatic heterocycles. The maximum Gasteiger partial charge on any atom is 0.334 e. The quantitative estimate of drug-likeness (QED) is 0.477. The van der Waals surface area contributed by atoms with Crippen molar-refractivity contribution < 1.29 is 20.1 Å². The molecule has 17 heavy (non-hydrogen) atoms. The van der Waals surface area contributed by atoms with Gasteiger partial charge in [0.25, 0.3) is 0 Å². The van der Waals surface area contributed by atoms with Crippen LogP contribution in [-0.2, 0) is 4.79 Å². The van der Waals surface area contributed by atoms with Crippen LogP contribution in [0.5, 0.6) is 0 Å². The van der Waals surface area contributed by atoms with Crippen molar-refractivity contribution in [2.24, 2.45) is 17.6 Å². The third kappa shape index (κ3) is 6.61. The van der Waals surface area contributed by atoms with Gasteiger partial charge in [0.05, 0.1) is 0 Å². The van der Waals surface area contributed by atoms with E-state index >= 15 is 0 Å². The zero-order valence-corrected chi connectivity index (χ0v) is 10.7. The van der Waals surface area contributed by atoms with Crippen LogP contribution in [0.15, 0.2) is 0 Å². The van der Waals surface area contributed by atoms with Crippen molar-refractivity contribution in [3.05, 3.63) is 0 Å². The van der Waals surface area contributed by atoms with E-state index in [0.717, 1.165) is 12.8 Å². The van der Waals surface area contributed by atoms with Gasteiger partial charge in [-0.15, -0.1) is 0 Å². The molecule has 0 amide bonds. The van der Waals surface area contributed by atoms with Gasteiger partial charge in [-0.1, -0.05) is 20.3 Å². The number of carboxylic acids is 1. The molecule has 0 saturated heterocycles. The van der Waals surface area contributed by atoms with Crippen LogP contribution >= 0.6 is 0 Å². The van der Waals surface area contributed by atoms with Gasteiger partial charge >= 0.3 is 5.97 Å². The van der Waals surface area contributed by atoms with Crippen LogP contribution in [0.3, 0.4) is 0 Å². The van der Waals surface area contributed by atoms with Gasteiger partial charge in [-0.05, 0) is 31.1 Å². The van der Waals surface area contributed by atoms with Crippen molar-refractivity contribution in [2.45, 2.75) is 51.7 Å². The highest BCUT2D eigenvalue weighted by Gasteiger charge is 2.29. The average molecular weight is 247 g/mol. The van der Waals surface area contributed by atoms with Crippen LogP contribution in [0.4, 0.5) is 0 Å². The zero-order valence-electron chi connectivity index (χ0n) is 10.7. The molecule has 102 valence electrons. The van der Waals surface area contributed by atoms with Gasteiger partial charge in [-0.2, -0.15) is 0 Å². The SMILES string of the molecule is CC(C)CC[C@@H](CCCO)[C@@H](N)[C@H](O)C(=O)O. The summed E-state index contributed by atoms with van der Waals surface area (Å²) in [6, 6.07) is -0.766. The highest BCUT2D eigenvalue weighted by molar-refractivity contribution is 5.72. The van der Waals surface area contributed by atoms with Crippen LogP contribution in [0.2, 0.25) is 0 Å². The fraction of sp³-hybridized carbons (Fsp3) is 0.917. The Morgan fingerprint density at radius 3 is 2.24 bits per heavy atom. The van der Waals surface area contributed by atoms with E-state index in [-0.39, 0.29) is 12.5 Å². The number of hydrogen-bond acceptors (Lipinski definition) is 4. The van der Waals surface area contributed by atoms with Crippen molar-refractivity contribution in [1.29, 1.82) is 0 Å². The van der Waals surface area contributed by atoms with E-state index in [4.69, 9.17) is 15.9 Å². The predicted octanol–water partition coefficient (Wildman–Crippen LogP) is 0.584. The number of aliphatic hydroxyl groups excluding tert-OH is 2. The number of rotatable bonds is 9. The summed E-state index contributed by atoms with van der Waals surface area (Å²) in [6.45, 7) is 4.23. The predicted molar refractivity (Wildman–Crippen MR) is 65.5 cm³/mol. The van der Waals surface area contributed by atoms with Gasteiger partial charge < -0.3 is 21.1 Å². The van der Waals surface area contributed by atoms with Gasteiger partial charge in [0.2, 0.25) is 0 Å². The molecule has 0 radical (unpaired) electrons. The normalized spacial score (nSPS) is 16.8. The van der Waals surface area contributed by atoms with E-state index in [1.807, 2.05) is 0 Å². The summed E-state index contributed by atoms with van der Waals surface area (Å²) < 4.78 is 0. The van der Waals surface area contributed by atoms with Crippen molar-refractivity contribution in [1.82, 2.24) is 0 Å². The first kappa shape index (κ1) is 16.4. The lowest BCUT2D eigenvalue weighted by atomic mass is 9.85. The van der Waals surface area contributed by atoms with Crippen LogP contribution in [-0.4, -0.2) is 40.0 Å². The molecule has 0 aromatic heterocycles. The molecule has 0 aromatic rings. The van der Waals surface area contributed by atoms with E-state index in [9.17, 15) is 9.90 Å². The van der Waals surface area contributed by atoms with Crippen molar-refractivity contribution in [2.75, 3.05) is 6.61 Å². The Bertz CT molecular complexity index is 221. The summed E-state index contributed by atoms with van der Waals surface area (Å²) in [5, 5.41) is 27.0. The molecule has 5 N–H and O–H groups in total. The Balaban J connectivity index is 4.37. The first-order valence-electron chi connectivity index (χ1n) is 6.17. The van der Waals surface area contributed by atoms with Crippen molar-refractivity contribution >= 4 is 5.97 Å². The maximum atomic E-state index is 10.7. The molecule has 5 heteroatoms. The molecular weight excluding hydrogens is 222 g/mol. The smallest absolute Gasteiger partial charge is 0.334 e. The lowest BCUT2D eigenvalue weighted by Gasteiger charge is -2.26. The second kappa shape index (κ2) is 8.44. The monoisotopic (exact) mass is 247 g/mol. The highest BCUT2D eigenvalue weighted by atomic mass is 16.4. The van der Waals surface area contributed by atoms with Gasteiger partial charge in [-0.3, -0.25) is 0 Å². The Morgan fingerprint density at radius 1 is 1.24 bits per heavy atom. The second-order valence-electron chi connectivity index (χ2n) is 4.96. The highest BCUT2D eigenvalue weighted by Crippen LogP contribution is 2.21. The lowest BCUT2D eigenvalue weighted by molar-refractivity contribution is -0.148. The minimum absolute atomic E-state index is 0.0596. The third-order valence-corrected chi connectivity index (χ3v) is 3.01. The standard InChI is InChI=1S/C12H25NO4/c1-8(2)5-6-9(4-3-7-14)10(13)11(15)12(16)17/h8-11,14-15H,3-7,13H2,1-2H3,(H,16,17)/t9-,10-,11+/m1/s1. The minimum Gasteiger partial charge on any atom is -0.479 e. The molecule has 0 aliphatic rings. The third-order valence-electron chi connectivity index (χ3n) is 3.01. The van der Waals surface area contributed by atoms with Gasteiger partial charge in [-0.25, -0.2) is 4.79 Å². The number of hydrogen-bond donors (Lipinski definition) is 4. The first-order valence-corrected chi connectivity index (χ1v) is 6.17. The summed E-state index contributed by atoms with van der Waals surface area (Å²) in [4.78, 5) is 10.7. The van der Waals surface area contributed by atoms with Gasteiger partial charge in [0.15, 0.2) is 6.10 Å². The maximum absolute atomic E-state index is 10.7. The molecule has 0 aliphatic carbocycles. The van der Waals surface area contributed by atoms with Crippen molar-refractivity contribution in [3.8, 4) is 0 Å². The molecule has 0 aromatic carbocycles. The van der Waals surface area contributed by atoms with Crippen LogP contribution in [0.1, 0.15) is 39.5 Å². The topological polar surface area (TPSA) is 104 Å². The van der Waals surface area contributed by atoms with E-state index in [1.54, 1.807) is 0 Å². The summed E-state index contributed by atoms with van der Waals surface area (Å²) >= 11 is 0. The molecule has 3 atom stereocenters. The van der Waals surface area contributed by atoms with Crippen LogP contribution in [0, 0.1) is 11.8 Å². The largest absolute Gasteiger partial charge is 0.479 e. The average Bonchev–Trinajstić information content (AvgIpc) is 2.27. The zero-order chi connectivity index (χ0) is 13.4. The van der Waals surface area contributed by atoms with Gasteiger partial charge in [0, 0.05) is 12.6 Å². The lowest BCUT2D eigenvalue weighted by Crippen LogP contribution is -2.45. The molecule has 5 nitrogen and oxygen atoms in total. The van der Waals surface area contributed by atoms with Crippen LogP contribution in [0.25, 0.3) is 0 Å². The fourth-order valence-electron chi connectivity index (χ4n) is 1.85. The van der Waals surface area contributed by atoms with E-state index in [2.05, 4.69) is 13.8 Å². The second-order valence-corrected chi connectivity index (χ2v) is 4.96. The Labute approximate surface area is 103 Å². The molecule has 0 heterocycles. The Morgan fingerprint density at radius 2 is 1.82 bits per heavy atom. The summed E-state index contributed by atoms with van der Waals surface area (Å²) in [7, 11) is 0. The van der Waals surface area contributed by atoms with Crippen molar-refractivity contribution in [3.63, 3.8) is 0 Å². The fourth-order valence-corrected chi connectivity index (χ4v) is 1.85. The first-order chi connectivity index (χ1) is 7.90. The Kier molecular flexibility index (Phi) is 8.12. The minimum atomic E-state index is -1.52. The summed E-state index contributed by atoms with van der Waals surface area (Å²) in [5.74, 6) is -0.826. The number of carboxylic acid groups (broad SMARTS) is 1. The Hall–Kier alpha value is -0.650. The molecule has 0 spiro atoms. The molecule has 0 saturated carbocycles.